The van der Waals surface area contributed by atoms with Crippen LogP contribution in [0.5, 0.6) is 0 Å². The largest absolute Gasteiger partial charge is 0.466 e. The minimum absolute atomic E-state index is 0.0637. The highest BCUT2D eigenvalue weighted by atomic mass is 16.5. The number of urea groups is 2. The van der Waals surface area contributed by atoms with Gasteiger partial charge in [-0.2, -0.15) is 0 Å². The summed E-state index contributed by atoms with van der Waals surface area (Å²) < 4.78 is 9.89. The third-order valence-electron chi connectivity index (χ3n) is 7.33. The molecule has 42 heavy (non-hydrogen) atoms. The van der Waals surface area contributed by atoms with Crippen molar-refractivity contribution >= 4 is 35.8 Å². The van der Waals surface area contributed by atoms with Crippen LogP contribution in [0.1, 0.15) is 78.1 Å². The fourth-order valence-corrected chi connectivity index (χ4v) is 5.27. The van der Waals surface area contributed by atoms with Crippen LogP contribution in [0.4, 0.5) is 9.59 Å². The zero-order chi connectivity index (χ0) is 31.1. The van der Waals surface area contributed by atoms with E-state index in [0.29, 0.717) is 25.9 Å². The molecule has 234 valence electrons. The first-order valence-electron chi connectivity index (χ1n) is 15.0. The molecule has 0 aromatic carbocycles. The summed E-state index contributed by atoms with van der Waals surface area (Å²) in [5.41, 5.74) is 0. The van der Waals surface area contributed by atoms with E-state index in [1.165, 1.54) is 19.6 Å². The number of ether oxygens (including phenoxy) is 2. The molecule has 0 aliphatic carbocycles. The molecule has 0 aromatic rings. The molecule has 12 nitrogen and oxygen atoms in total. The molecule has 0 radical (unpaired) electrons. The van der Waals surface area contributed by atoms with Crippen molar-refractivity contribution < 1.29 is 38.2 Å². The van der Waals surface area contributed by atoms with Gasteiger partial charge in [0.1, 0.15) is 12.1 Å². The Bertz CT molecular complexity index is 922. The second kappa shape index (κ2) is 18.0. The molecule has 2 heterocycles. The Morgan fingerprint density at radius 1 is 0.667 bits per heavy atom. The Hall–Kier alpha value is -3.70. The van der Waals surface area contributed by atoms with Crippen LogP contribution < -0.4 is 0 Å². The number of carbonyl (C=O) groups excluding carboxylic acids is 6. The summed E-state index contributed by atoms with van der Waals surface area (Å²) in [4.78, 5) is 80.5. The molecule has 2 fully saturated rings. The topological polar surface area (TPSA) is 134 Å². The van der Waals surface area contributed by atoms with E-state index in [0.717, 1.165) is 25.7 Å². The van der Waals surface area contributed by atoms with Gasteiger partial charge >= 0.3 is 24.0 Å². The SMILES string of the molecule is C=CCN1C(=O)N(CCCCCCCCN2C(=O)C(CCC(=O)OCC)N(CC=C)C2=O)C(=O)C1CCC(=O)OCC. The molecule has 0 saturated carbocycles. The average Bonchev–Trinajstić information content (AvgIpc) is 3.31. The zero-order valence-electron chi connectivity index (χ0n) is 25.1. The lowest BCUT2D eigenvalue weighted by Crippen LogP contribution is -2.35. The minimum Gasteiger partial charge on any atom is -0.466 e. The van der Waals surface area contributed by atoms with E-state index in [4.69, 9.17) is 9.47 Å². The Labute approximate surface area is 248 Å². The number of rotatable bonds is 21. The zero-order valence-corrected chi connectivity index (χ0v) is 25.1. The summed E-state index contributed by atoms with van der Waals surface area (Å²) in [5, 5.41) is 0. The smallest absolute Gasteiger partial charge is 0.327 e. The second-order valence-corrected chi connectivity index (χ2v) is 10.3. The molecule has 0 aromatic heterocycles. The highest BCUT2D eigenvalue weighted by molar-refractivity contribution is 6.05. The number of hydrogen-bond acceptors (Lipinski definition) is 8. The highest BCUT2D eigenvalue weighted by Gasteiger charge is 2.45. The van der Waals surface area contributed by atoms with Gasteiger partial charge in [0.2, 0.25) is 0 Å². The Kier molecular flexibility index (Phi) is 14.8. The van der Waals surface area contributed by atoms with E-state index in [1.54, 1.807) is 26.0 Å². The number of imide groups is 2. The van der Waals surface area contributed by atoms with Gasteiger partial charge in [0, 0.05) is 39.0 Å². The van der Waals surface area contributed by atoms with E-state index in [1.807, 2.05) is 0 Å². The third-order valence-corrected chi connectivity index (χ3v) is 7.33. The van der Waals surface area contributed by atoms with Crippen LogP contribution in [0.3, 0.4) is 0 Å². The average molecular weight is 591 g/mol. The fraction of sp³-hybridized carbons (Fsp3) is 0.667. The van der Waals surface area contributed by atoms with Gasteiger partial charge in [0.25, 0.3) is 11.8 Å². The van der Waals surface area contributed by atoms with Crippen molar-refractivity contribution in [3.05, 3.63) is 25.3 Å². The van der Waals surface area contributed by atoms with Crippen molar-refractivity contribution in [2.24, 2.45) is 0 Å². The Morgan fingerprint density at radius 2 is 1.02 bits per heavy atom. The molecule has 12 heteroatoms. The van der Waals surface area contributed by atoms with E-state index in [2.05, 4.69) is 13.2 Å². The highest BCUT2D eigenvalue weighted by Crippen LogP contribution is 2.24. The van der Waals surface area contributed by atoms with Crippen LogP contribution in [0.2, 0.25) is 0 Å². The summed E-state index contributed by atoms with van der Waals surface area (Å²) in [6.45, 7) is 12.4. The van der Waals surface area contributed by atoms with Crippen LogP contribution in [-0.2, 0) is 28.7 Å². The molecule has 2 unspecified atom stereocenters. The standard InChI is InChI=1S/C30H46N4O8/c1-5-19-31-23(15-17-25(35)41-7-3)27(37)33(29(31)39)21-13-11-9-10-12-14-22-34-28(38)24(16-18-26(36)42-8-4)32(20-6-2)30(34)40/h5-6,23-24H,1-2,7-22H2,3-4H3. The van der Waals surface area contributed by atoms with Crippen LogP contribution >= 0.6 is 0 Å². The number of nitrogens with zero attached hydrogens (tertiary/aromatic N) is 4. The maximum Gasteiger partial charge on any atom is 0.327 e. The van der Waals surface area contributed by atoms with Gasteiger partial charge in [-0.05, 0) is 39.5 Å². The van der Waals surface area contributed by atoms with E-state index >= 15 is 0 Å². The molecular weight excluding hydrogens is 544 g/mol. The molecule has 2 aliphatic rings. The lowest BCUT2D eigenvalue weighted by atomic mass is 10.1. The summed E-state index contributed by atoms with van der Waals surface area (Å²) >= 11 is 0. The van der Waals surface area contributed by atoms with E-state index in [-0.39, 0.29) is 75.9 Å². The monoisotopic (exact) mass is 590 g/mol. The first-order valence-corrected chi connectivity index (χ1v) is 15.0. The minimum atomic E-state index is -0.692. The van der Waals surface area contributed by atoms with Crippen LogP contribution in [0.15, 0.2) is 25.3 Å². The van der Waals surface area contributed by atoms with Crippen molar-refractivity contribution in [1.29, 1.82) is 0 Å². The summed E-state index contributed by atoms with van der Waals surface area (Å²) in [6, 6.07) is -2.11. The first kappa shape index (κ1) is 34.5. The molecule has 2 atom stereocenters. The van der Waals surface area contributed by atoms with Crippen LogP contribution in [-0.4, -0.2) is 107 Å². The molecule has 6 amide bonds. The molecule has 2 saturated heterocycles. The van der Waals surface area contributed by atoms with Gasteiger partial charge in [-0.1, -0.05) is 37.8 Å². The molecule has 2 rings (SSSR count). The predicted molar refractivity (Wildman–Crippen MR) is 155 cm³/mol. The third kappa shape index (κ3) is 9.42. The van der Waals surface area contributed by atoms with Crippen LogP contribution in [0.25, 0.3) is 0 Å². The maximum absolute atomic E-state index is 12.9. The number of esters is 2. The molecule has 0 N–H and O–H groups in total. The van der Waals surface area contributed by atoms with Crippen molar-refractivity contribution in [3.63, 3.8) is 0 Å². The fourth-order valence-electron chi connectivity index (χ4n) is 5.27. The second-order valence-electron chi connectivity index (χ2n) is 10.3. The van der Waals surface area contributed by atoms with Gasteiger partial charge in [-0.15, -0.1) is 13.2 Å². The predicted octanol–water partition coefficient (Wildman–Crippen LogP) is 3.65. The van der Waals surface area contributed by atoms with Crippen molar-refractivity contribution in [3.8, 4) is 0 Å². The van der Waals surface area contributed by atoms with Gasteiger partial charge in [-0.25, -0.2) is 9.59 Å². The van der Waals surface area contributed by atoms with Crippen molar-refractivity contribution in [2.45, 2.75) is 90.1 Å². The van der Waals surface area contributed by atoms with E-state index < -0.39 is 24.0 Å². The van der Waals surface area contributed by atoms with Gasteiger partial charge in [-0.3, -0.25) is 29.0 Å². The molecule has 0 bridgehead atoms. The molecule has 2 aliphatic heterocycles. The van der Waals surface area contributed by atoms with Gasteiger partial charge in [0.15, 0.2) is 0 Å². The van der Waals surface area contributed by atoms with Crippen LogP contribution in [0, 0.1) is 0 Å². The number of amides is 6. The Balaban J connectivity index is 1.73. The number of carbonyl (C=O) groups is 6. The maximum atomic E-state index is 12.9. The quantitative estimate of drug-likeness (QED) is 0.0856. The lowest BCUT2D eigenvalue weighted by molar-refractivity contribution is -0.144. The number of hydrogen-bond donors (Lipinski definition) is 0. The summed E-state index contributed by atoms with van der Waals surface area (Å²) in [6.07, 6.45) is 8.40. The summed E-state index contributed by atoms with van der Waals surface area (Å²) in [5.74, 6) is -1.37. The molecular formula is C30H46N4O8. The first-order chi connectivity index (χ1) is 20.2. The molecule has 0 spiro atoms. The normalized spacial score (nSPS) is 18.7. The van der Waals surface area contributed by atoms with Crippen molar-refractivity contribution in [1.82, 2.24) is 19.6 Å². The van der Waals surface area contributed by atoms with E-state index in [9.17, 15) is 28.8 Å². The van der Waals surface area contributed by atoms with Crippen molar-refractivity contribution in [2.75, 3.05) is 39.4 Å². The van der Waals surface area contributed by atoms with Gasteiger partial charge in [0.05, 0.1) is 13.2 Å². The van der Waals surface area contributed by atoms with Gasteiger partial charge < -0.3 is 19.3 Å². The lowest BCUT2D eigenvalue weighted by Gasteiger charge is -2.19. The summed E-state index contributed by atoms with van der Waals surface area (Å²) in [7, 11) is 0. The Morgan fingerprint density at radius 3 is 1.36 bits per heavy atom. The number of unbranched alkanes of at least 4 members (excludes halogenated alkanes) is 5.